The molecule has 2 rings (SSSR count). The van der Waals surface area contributed by atoms with Gasteiger partial charge >= 0.3 is 5.97 Å². The highest BCUT2D eigenvalue weighted by molar-refractivity contribution is 5.80. The second-order valence-electron chi connectivity index (χ2n) is 4.85. The molecular formula is C17H18FNO2. The lowest BCUT2D eigenvalue weighted by molar-refractivity contribution is -0.142. The first-order chi connectivity index (χ1) is 10.1. The number of hydrogen-bond acceptors (Lipinski definition) is 3. The molecule has 0 spiro atoms. The fraction of sp³-hybridized carbons (Fsp3) is 0.235. The molecule has 0 bridgehead atoms. The Hall–Kier alpha value is -2.36. The van der Waals surface area contributed by atoms with E-state index in [1.165, 1.54) is 19.2 Å². The Morgan fingerprint density at radius 1 is 1.14 bits per heavy atom. The minimum atomic E-state index is -0.584. The van der Waals surface area contributed by atoms with Gasteiger partial charge in [0.15, 0.2) is 0 Å². The van der Waals surface area contributed by atoms with Gasteiger partial charge in [-0.25, -0.2) is 9.18 Å². The van der Waals surface area contributed by atoms with Crippen LogP contribution in [0.3, 0.4) is 0 Å². The van der Waals surface area contributed by atoms with Crippen LogP contribution in [0.4, 0.5) is 10.1 Å². The summed E-state index contributed by atoms with van der Waals surface area (Å²) >= 11 is 0. The van der Waals surface area contributed by atoms with Gasteiger partial charge in [0.05, 0.1) is 7.11 Å². The molecule has 0 saturated carbocycles. The Kier molecular flexibility index (Phi) is 4.93. The lowest BCUT2D eigenvalue weighted by atomic mass is 9.93. The quantitative estimate of drug-likeness (QED) is 0.854. The monoisotopic (exact) mass is 287 g/mol. The van der Waals surface area contributed by atoms with E-state index >= 15 is 0 Å². The maximum absolute atomic E-state index is 13.3. The molecule has 1 N–H and O–H groups in total. The number of halogens is 1. The molecule has 2 unspecified atom stereocenters. The Bertz CT molecular complexity index is 601. The maximum Gasteiger partial charge on any atom is 0.328 e. The lowest BCUT2D eigenvalue weighted by Crippen LogP contribution is -2.35. The van der Waals surface area contributed by atoms with Crippen molar-refractivity contribution >= 4 is 11.7 Å². The van der Waals surface area contributed by atoms with Crippen LogP contribution < -0.4 is 5.32 Å². The van der Waals surface area contributed by atoms with E-state index in [0.29, 0.717) is 5.69 Å². The van der Waals surface area contributed by atoms with Crippen molar-refractivity contribution in [3.8, 4) is 0 Å². The predicted molar refractivity (Wildman–Crippen MR) is 80.7 cm³/mol. The van der Waals surface area contributed by atoms with E-state index in [0.717, 1.165) is 5.56 Å². The van der Waals surface area contributed by atoms with Gasteiger partial charge in [-0.2, -0.15) is 0 Å². The molecule has 2 atom stereocenters. The highest BCUT2D eigenvalue weighted by Crippen LogP contribution is 2.23. The zero-order valence-corrected chi connectivity index (χ0v) is 12.0. The molecule has 110 valence electrons. The number of methoxy groups -OCH3 is 1. The summed E-state index contributed by atoms with van der Waals surface area (Å²) in [6, 6.07) is 15.1. The molecule has 21 heavy (non-hydrogen) atoms. The largest absolute Gasteiger partial charge is 0.467 e. The molecule has 0 fully saturated rings. The zero-order valence-electron chi connectivity index (χ0n) is 12.0. The molecule has 0 aromatic heterocycles. The summed E-state index contributed by atoms with van der Waals surface area (Å²) < 4.78 is 18.1. The summed E-state index contributed by atoms with van der Waals surface area (Å²) in [6.07, 6.45) is 0. The van der Waals surface area contributed by atoms with E-state index in [1.54, 1.807) is 12.1 Å². The summed E-state index contributed by atoms with van der Waals surface area (Å²) in [5.41, 5.74) is 1.56. The predicted octanol–water partition coefficient (Wildman–Crippen LogP) is 3.58. The number of ether oxygens (including phenoxy) is 1. The molecule has 2 aromatic carbocycles. The number of carbonyl (C=O) groups is 1. The summed E-state index contributed by atoms with van der Waals surface area (Å²) in [4.78, 5) is 12.0. The van der Waals surface area contributed by atoms with E-state index < -0.39 is 6.04 Å². The van der Waals surface area contributed by atoms with Crippen molar-refractivity contribution in [2.45, 2.75) is 18.9 Å². The SMILES string of the molecule is COC(=O)C(Nc1cccc(F)c1)C(C)c1ccccc1. The van der Waals surface area contributed by atoms with Crippen molar-refractivity contribution in [3.63, 3.8) is 0 Å². The molecule has 3 nitrogen and oxygen atoms in total. The van der Waals surface area contributed by atoms with Crippen molar-refractivity contribution in [2.75, 3.05) is 12.4 Å². The number of benzene rings is 2. The van der Waals surface area contributed by atoms with Crippen LogP contribution in [0.5, 0.6) is 0 Å². The fourth-order valence-electron chi connectivity index (χ4n) is 2.22. The van der Waals surface area contributed by atoms with Crippen LogP contribution in [-0.4, -0.2) is 19.1 Å². The van der Waals surface area contributed by atoms with Crippen LogP contribution in [0.2, 0.25) is 0 Å². The summed E-state index contributed by atoms with van der Waals surface area (Å²) in [7, 11) is 1.35. The number of carbonyl (C=O) groups excluding carboxylic acids is 1. The fourth-order valence-corrected chi connectivity index (χ4v) is 2.22. The lowest BCUT2D eigenvalue weighted by Gasteiger charge is -2.24. The maximum atomic E-state index is 13.3. The van der Waals surface area contributed by atoms with Crippen molar-refractivity contribution in [2.24, 2.45) is 0 Å². The third kappa shape index (κ3) is 3.81. The Morgan fingerprint density at radius 2 is 1.86 bits per heavy atom. The van der Waals surface area contributed by atoms with Crippen LogP contribution in [0.25, 0.3) is 0 Å². The first-order valence-electron chi connectivity index (χ1n) is 6.76. The van der Waals surface area contributed by atoms with Crippen LogP contribution in [0.1, 0.15) is 18.4 Å². The normalized spacial score (nSPS) is 13.3. The van der Waals surface area contributed by atoms with Gasteiger partial charge in [-0.1, -0.05) is 43.3 Å². The van der Waals surface area contributed by atoms with Crippen molar-refractivity contribution in [3.05, 3.63) is 66.0 Å². The van der Waals surface area contributed by atoms with Crippen LogP contribution >= 0.6 is 0 Å². The highest BCUT2D eigenvalue weighted by atomic mass is 19.1. The van der Waals surface area contributed by atoms with E-state index in [1.807, 2.05) is 37.3 Å². The summed E-state index contributed by atoms with van der Waals surface area (Å²) in [5.74, 6) is -0.839. The van der Waals surface area contributed by atoms with Gasteiger partial charge in [0, 0.05) is 11.6 Å². The first-order valence-corrected chi connectivity index (χ1v) is 6.76. The molecule has 0 amide bonds. The number of nitrogens with one attached hydrogen (secondary N) is 1. The number of esters is 1. The molecule has 0 aliphatic heterocycles. The van der Waals surface area contributed by atoms with Gasteiger partial charge in [0.2, 0.25) is 0 Å². The number of anilines is 1. The Balaban J connectivity index is 2.24. The van der Waals surface area contributed by atoms with Gasteiger partial charge in [0.25, 0.3) is 0 Å². The molecular weight excluding hydrogens is 269 g/mol. The summed E-state index contributed by atoms with van der Waals surface area (Å²) in [5, 5.41) is 3.05. The molecule has 0 radical (unpaired) electrons. The number of hydrogen-bond donors (Lipinski definition) is 1. The molecule has 2 aromatic rings. The van der Waals surface area contributed by atoms with E-state index in [9.17, 15) is 9.18 Å². The van der Waals surface area contributed by atoms with Crippen molar-refractivity contribution in [1.29, 1.82) is 0 Å². The molecule has 0 heterocycles. The molecule has 0 aliphatic rings. The zero-order chi connectivity index (χ0) is 15.2. The molecule has 4 heteroatoms. The van der Waals surface area contributed by atoms with Crippen LogP contribution in [-0.2, 0) is 9.53 Å². The van der Waals surface area contributed by atoms with E-state index in [2.05, 4.69) is 5.32 Å². The van der Waals surface area contributed by atoms with Gasteiger partial charge in [0.1, 0.15) is 11.9 Å². The van der Waals surface area contributed by atoms with Gasteiger partial charge in [-0.3, -0.25) is 0 Å². The standard InChI is InChI=1S/C17H18FNO2/c1-12(13-7-4-3-5-8-13)16(17(20)21-2)19-15-10-6-9-14(18)11-15/h3-12,16,19H,1-2H3. The third-order valence-corrected chi connectivity index (χ3v) is 3.43. The average molecular weight is 287 g/mol. The summed E-state index contributed by atoms with van der Waals surface area (Å²) in [6.45, 7) is 1.93. The smallest absolute Gasteiger partial charge is 0.328 e. The van der Waals surface area contributed by atoms with Gasteiger partial charge in [-0.05, 0) is 23.8 Å². The Labute approximate surface area is 123 Å². The molecule has 0 aliphatic carbocycles. The Morgan fingerprint density at radius 3 is 2.48 bits per heavy atom. The minimum absolute atomic E-state index is 0.109. The topological polar surface area (TPSA) is 38.3 Å². The van der Waals surface area contributed by atoms with Crippen LogP contribution in [0.15, 0.2) is 54.6 Å². The van der Waals surface area contributed by atoms with Crippen LogP contribution in [0, 0.1) is 5.82 Å². The first kappa shape index (κ1) is 15.0. The highest BCUT2D eigenvalue weighted by Gasteiger charge is 2.27. The van der Waals surface area contributed by atoms with E-state index in [4.69, 9.17) is 4.74 Å². The van der Waals surface area contributed by atoms with Gasteiger partial charge < -0.3 is 10.1 Å². The second kappa shape index (κ2) is 6.88. The van der Waals surface area contributed by atoms with Crippen molar-refractivity contribution in [1.82, 2.24) is 0 Å². The molecule has 0 saturated heterocycles. The van der Waals surface area contributed by atoms with E-state index in [-0.39, 0.29) is 17.7 Å². The third-order valence-electron chi connectivity index (χ3n) is 3.43. The van der Waals surface area contributed by atoms with Crippen molar-refractivity contribution < 1.29 is 13.9 Å². The number of rotatable bonds is 5. The second-order valence-corrected chi connectivity index (χ2v) is 4.85. The average Bonchev–Trinajstić information content (AvgIpc) is 2.52. The van der Waals surface area contributed by atoms with Gasteiger partial charge in [-0.15, -0.1) is 0 Å². The minimum Gasteiger partial charge on any atom is -0.467 e.